The number of hydrogen-bond donors (Lipinski definition) is 1. The van der Waals surface area contributed by atoms with Gasteiger partial charge in [0.2, 0.25) is 5.13 Å². The van der Waals surface area contributed by atoms with Gasteiger partial charge in [0.1, 0.15) is 12.4 Å². The second-order valence-electron chi connectivity index (χ2n) is 6.37. The van der Waals surface area contributed by atoms with Gasteiger partial charge in [-0.1, -0.05) is 47.0 Å². The van der Waals surface area contributed by atoms with E-state index in [1.165, 1.54) is 11.3 Å². The first-order chi connectivity index (χ1) is 14.7. The zero-order valence-electron chi connectivity index (χ0n) is 16.2. The monoisotopic (exact) mass is 438 g/mol. The fourth-order valence-corrected chi connectivity index (χ4v) is 3.64. The van der Waals surface area contributed by atoms with Crippen molar-refractivity contribution in [3.63, 3.8) is 0 Å². The molecule has 0 spiro atoms. The van der Waals surface area contributed by atoms with Crippen LogP contribution in [0.3, 0.4) is 0 Å². The molecule has 0 saturated carbocycles. The number of para-hydroxylation sites is 1. The third-order valence-corrected chi connectivity index (χ3v) is 5.47. The zero-order chi connectivity index (χ0) is 20.8. The van der Waals surface area contributed by atoms with Crippen LogP contribution in [0.15, 0.2) is 67.0 Å². The molecular weight excluding hydrogens is 420 g/mol. The van der Waals surface area contributed by atoms with Gasteiger partial charge in [-0.05, 0) is 46.7 Å². The molecule has 2 aromatic heterocycles. The molecule has 0 bridgehead atoms. The van der Waals surface area contributed by atoms with E-state index in [1.54, 1.807) is 13.3 Å². The average Bonchev–Trinajstić information content (AvgIpc) is 3.25. The van der Waals surface area contributed by atoms with Gasteiger partial charge in [-0.25, -0.2) is 0 Å². The summed E-state index contributed by atoms with van der Waals surface area (Å²) in [6.45, 7) is 0.982. The van der Waals surface area contributed by atoms with Crippen molar-refractivity contribution in [1.82, 2.24) is 15.2 Å². The number of pyridine rings is 1. The Morgan fingerprint density at radius 2 is 1.83 bits per heavy atom. The van der Waals surface area contributed by atoms with Crippen molar-refractivity contribution >= 4 is 28.1 Å². The Morgan fingerprint density at radius 1 is 1.00 bits per heavy atom. The Hall–Kier alpha value is -3.16. The van der Waals surface area contributed by atoms with Gasteiger partial charge in [0.25, 0.3) is 5.19 Å². The molecule has 2 aromatic carbocycles. The van der Waals surface area contributed by atoms with E-state index >= 15 is 0 Å². The lowest BCUT2D eigenvalue weighted by Crippen LogP contribution is -2.02. The molecule has 0 aliphatic carbocycles. The number of benzene rings is 2. The summed E-state index contributed by atoms with van der Waals surface area (Å²) >= 11 is 7.27. The number of ether oxygens (including phenoxy) is 2. The maximum absolute atomic E-state index is 5.90. The van der Waals surface area contributed by atoms with Gasteiger partial charge >= 0.3 is 0 Å². The predicted molar refractivity (Wildman–Crippen MR) is 119 cm³/mol. The minimum Gasteiger partial charge on any atom is -0.496 e. The fourth-order valence-electron chi connectivity index (χ4n) is 2.92. The number of aromatic nitrogens is 3. The first kappa shape index (κ1) is 20.1. The summed E-state index contributed by atoms with van der Waals surface area (Å²) < 4.78 is 11.2. The minimum absolute atomic E-state index is 0.411. The van der Waals surface area contributed by atoms with Crippen LogP contribution in [0.1, 0.15) is 11.1 Å². The second-order valence-corrected chi connectivity index (χ2v) is 7.75. The van der Waals surface area contributed by atoms with Gasteiger partial charge in [0.05, 0.1) is 7.11 Å². The number of hydrogen-bond acceptors (Lipinski definition) is 7. The van der Waals surface area contributed by atoms with Crippen molar-refractivity contribution in [2.75, 3.05) is 12.4 Å². The van der Waals surface area contributed by atoms with Gasteiger partial charge in [-0.15, -0.1) is 5.10 Å². The highest BCUT2D eigenvalue weighted by atomic mass is 35.5. The molecule has 152 valence electrons. The number of halogens is 1. The molecule has 0 atom stereocenters. The van der Waals surface area contributed by atoms with Crippen LogP contribution < -0.4 is 14.8 Å². The van der Waals surface area contributed by atoms with Crippen molar-refractivity contribution in [2.45, 2.75) is 13.2 Å². The van der Waals surface area contributed by atoms with E-state index in [2.05, 4.69) is 20.5 Å². The largest absolute Gasteiger partial charge is 0.496 e. The molecule has 2 heterocycles. The van der Waals surface area contributed by atoms with E-state index < -0.39 is 0 Å². The average molecular weight is 439 g/mol. The molecule has 0 aliphatic rings. The normalized spacial score (nSPS) is 10.6. The quantitative estimate of drug-likeness (QED) is 0.394. The van der Waals surface area contributed by atoms with Gasteiger partial charge in [0, 0.05) is 35.1 Å². The summed E-state index contributed by atoms with van der Waals surface area (Å²) in [4.78, 5) is 4.28. The topological polar surface area (TPSA) is 69.2 Å². The highest BCUT2D eigenvalue weighted by molar-refractivity contribution is 7.16. The third-order valence-electron chi connectivity index (χ3n) is 4.42. The summed E-state index contributed by atoms with van der Waals surface area (Å²) in [5.74, 6) is 0.806. The van der Waals surface area contributed by atoms with Crippen LogP contribution in [0.25, 0.3) is 11.1 Å². The van der Waals surface area contributed by atoms with Crippen LogP contribution in [-0.2, 0) is 13.2 Å². The van der Waals surface area contributed by atoms with Gasteiger partial charge in [-0.2, -0.15) is 0 Å². The predicted octanol–water partition coefficient (Wildman–Crippen LogP) is 5.45. The van der Waals surface area contributed by atoms with Crippen molar-refractivity contribution in [3.05, 3.63) is 83.1 Å². The van der Waals surface area contributed by atoms with Gasteiger partial charge < -0.3 is 14.8 Å². The molecule has 6 nitrogen and oxygen atoms in total. The van der Waals surface area contributed by atoms with Crippen LogP contribution in [-0.4, -0.2) is 22.3 Å². The number of nitrogens with one attached hydrogen (secondary N) is 1. The van der Waals surface area contributed by atoms with Crippen molar-refractivity contribution in [2.24, 2.45) is 0 Å². The highest BCUT2D eigenvalue weighted by Crippen LogP contribution is 2.32. The molecule has 0 saturated heterocycles. The van der Waals surface area contributed by atoms with Gasteiger partial charge in [0.15, 0.2) is 0 Å². The summed E-state index contributed by atoms with van der Waals surface area (Å²) in [6, 6.07) is 17.4. The molecule has 0 amide bonds. The maximum Gasteiger partial charge on any atom is 0.296 e. The molecule has 1 N–H and O–H groups in total. The van der Waals surface area contributed by atoms with Gasteiger partial charge in [-0.3, -0.25) is 4.98 Å². The summed E-state index contributed by atoms with van der Waals surface area (Å²) in [5.41, 5.74) is 4.09. The van der Waals surface area contributed by atoms with Crippen LogP contribution >= 0.6 is 22.9 Å². The van der Waals surface area contributed by atoms with Crippen molar-refractivity contribution < 1.29 is 9.47 Å². The first-order valence-corrected chi connectivity index (χ1v) is 10.4. The molecule has 4 rings (SSSR count). The lowest BCUT2D eigenvalue weighted by molar-refractivity contribution is 0.302. The first-order valence-electron chi connectivity index (χ1n) is 9.24. The zero-order valence-corrected chi connectivity index (χ0v) is 17.8. The lowest BCUT2D eigenvalue weighted by Gasteiger charge is -2.12. The Labute approximate surface area is 183 Å². The van der Waals surface area contributed by atoms with E-state index in [9.17, 15) is 0 Å². The molecule has 30 heavy (non-hydrogen) atoms. The Morgan fingerprint density at radius 3 is 2.67 bits per heavy atom. The molecule has 0 fully saturated rings. The van der Waals surface area contributed by atoms with E-state index in [0.29, 0.717) is 28.5 Å². The molecule has 0 unspecified atom stereocenters. The van der Waals surface area contributed by atoms with E-state index in [1.807, 2.05) is 60.8 Å². The maximum atomic E-state index is 5.90. The molecule has 0 aliphatic heterocycles. The van der Waals surface area contributed by atoms with Crippen molar-refractivity contribution in [3.8, 4) is 22.1 Å². The number of nitrogens with zero attached hydrogens (tertiary/aromatic N) is 3. The number of anilines is 1. The van der Waals surface area contributed by atoms with Crippen LogP contribution in [0.5, 0.6) is 10.9 Å². The standard InChI is InChI=1S/C22H19ClN4O2S/c1-28-20-5-3-2-4-18(20)19-13-24-11-10-16(19)12-25-21-26-27-22(30-21)29-14-15-6-8-17(23)9-7-15/h2-11,13H,12,14H2,1H3,(H,25,26). The lowest BCUT2D eigenvalue weighted by atomic mass is 10.0. The minimum atomic E-state index is 0.411. The second kappa shape index (κ2) is 9.56. The van der Waals surface area contributed by atoms with Crippen LogP contribution in [0.2, 0.25) is 5.02 Å². The van der Waals surface area contributed by atoms with Crippen molar-refractivity contribution in [1.29, 1.82) is 0 Å². The fraction of sp³-hybridized carbons (Fsp3) is 0.136. The molecular formula is C22H19ClN4O2S. The Kier molecular flexibility index (Phi) is 6.41. The molecule has 0 radical (unpaired) electrons. The summed E-state index contributed by atoms with van der Waals surface area (Å²) in [5, 5.41) is 13.5. The molecule has 8 heteroatoms. The Balaban J connectivity index is 1.42. The summed E-state index contributed by atoms with van der Waals surface area (Å²) in [6.07, 6.45) is 3.62. The number of methoxy groups -OCH3 is 1. The van der Waals surface area contributed by atoms with Crippen LogP contribution in [0.4, 0.5) is 5.13 Å². The van der Waals surface area contributed by atoms with E-state index in [-0.39, 0.29) is 0 Å². The third kappa shape index (κ3) is 4.87. The van der Waals surface area contributed by atoms with E-state index in [0.717, 1.165) is 28.0 Å². The number of rotatable bonds is 8. The van der Waals surface area contributed by atoms with E-state index in [4.69, 9.17) is 21.1 Å². The highest BCUT2D eigenvalue weighted by Gasteiger charge is 2.11. The summed E-state index contributed by atoms with van der Waals surface area (Å²) in [7, 11) is 1.67. The Bertz CT molecular complexity index is 1120. The molecule has 4 aromatic rings. The van der Waals surface area contributed by atoms with Crippen LogP contribution in [0, 0.1) is 0 Å². The SMILES string of the molecule is COc1ccccc1-c1cnccc1CNc1nnc(OCc2ccc(Cl)cc2)s1. The smallest absolute Gasteiger partial charge is 0.296 e.